The van der Waals surface area contributed by atoms with Crippen LogP contribution in [0.2, 0.25) is 0 Å². The molecular formula is C11H12Br2FNO2. The SMILES string of the molecule is COCC(Br)CNC(=O)c1cc(F)ccc1Br. The third-order valence-electron chi connectivity index (χ3n) is 2.00. The summed E-state index contributed by atoms with van der Waals surface area (Å²) in [6.45, 7) is 0.903. The highest BCUT2D eigenvalue weighted by atomic mass is 79.9. The maximum atomic E-state index is 13.0. The number of halogens is 3. The summed E-state index contributed by atoms with van der Waals surface area (Å²) in [7, 11) is 1.58. The van der Waals surface area contributed by atoms with E-state index in [1.807, 2.05) is 0 Å². The number of hydrogen-bond acceptors (Lipinski definition) is 2. The van der Waals surface area contributed by atoms with E-state index in [-0.39, 0.29) is 16.3 Å². The summed E-state index contributed by atoms with van der Waals surface area (Å²) in [5.41, 5.74) is 0.280. The largest absolute Gasteiger partial charge is 0.383 e. The molecule has 1 aromatic carbocycles. The van der Waals surface area contributed by atoms with Crippen molar-refractivity contribution in [1.29, 1.82) is 0 Å². The third kappa shape index (κ3) is 4.73. The minimum absolute atomic E-state index is 0.0313. The monoisotopic (exact) mass is 367 g/mol. The van der Waals surface area contributed by atoms with Crippen LogP contribution in [0.3, 0.4) is 0 Å². The van der Waals surface area contributed by atoms with Gasteiger partial charge in [0, 0.05) is 18.1 Å². The number of amides is 1. The normalized spacial score (nSPS) is 12.2. The molecule has 0 aliphatic heterocycles. The Bertz CT molecular complexity index is 401. The molecule has 3 nitrogen and oxygen atoms in total. The second-order valence-electron chi connectivity index (χ2n) is 3.39. The molecule has 6 heteroatoms. The van der Waals surface area contributed by atoms with Crippen molar-refractivity contribution >= 4 is 37.8 Å². The van der Waals surface area contributed by atoms with Gasteiger partial charge in [-0.05, 0) is 34.1 Å². The van der Waals surface area contributed by atoms with Crippen molar-refractivity contribution in [3.05, 3.63) is 34.1 Å². The molecule has 0 radical (unpaired) electrons. The first-order chi connectivity index (χ1) is 8.04. The van der Waals surface area contributed by atoms with Crippen LogP contribution in [0.4, 0.5) is 4.39 Å². The molecule has 0 heterocycles. The molecule has 1 unspecified atom stereocenters. The van der Waals surface area contributed by atoms with Gasteiger partial charge in [0.05, 0.1) is 17.0 Å². The summed E-state index contributed by atoms with van der Waals surface area (Å²) in [6.07, 6.45) is 0. The molecule has 0 aromatic heterocycles. The first kappa shape index (κ1) is 14.6. The van der Waals surface area contributed by atoms with Crippen molar-refractivity contribution in [3.8, 4) is 0 Å². The predicted molar refractivity (Wildman–Crippen MR) is 71.0 cm³/mol. The fourth-order valence-corrected chi connectivity index (χ4v) is 2.06. The van der Waals surface area contributed by atoms with Gasteiger partial charge in [-0.3, -0.25) is 4.79 Å². The number of carbonyl (C=O) groups excluding carboxylic acids is 1. The van der Waals surface area contributed by atoms with Gasteiger partial charge >= 0.3 is 0 Å². The first-order valence-corrected chi connectivity index (χ1v) is 6.61. The predicted octanol–water partition coefficient (Wildman–Crippen LogP) is 2.73. The number of rotatable bonds is 5. The van der Waals surface area contributed by atoms with Gasteiger partial charge in [0.15, 0.2) is 0 Å². The molecule has 0 saturated heterocycles. The van der Waals surface area contributed by atoms with Crippen LogP contribution in [-0.4, -0.2) is 31.0 Å². The zero-order valence-corrected chi connectivity index (χ0v) is 12.3. The van der Waals surface area contributed by atoms with E-state index in [4.69, 9.17) is 4.74 Å². The van der Waals surface area contributed by atoms with Crippen LogP contribution in [0.5, 0.6) is 0 Å². The Morgan fingerprint density at radius 3 is 2.94 bits per heavy atom. The molecule has 0 aliphatic carbocycles. The Morgan fingerprint density at radius 2 is 2.29 bits per heavy atom. The summed E-state index contributed by atoms with van der Waals surface area (Å²) >= 11 is 6.55. The van der Waals surface area contributed by atoms with Crippen LogP contribution in [0.1, 0.15) is 10.4 Å². The molecule has 1 atom stereocenters. The van der Waals surface area contributed by atoms with Gasteiger partial charge in [-0.1, -0.05) is 15.9 Å². The lowest BCUT2D eigenvalue weighted by Gasteiger charge is -2.11. The van der Waals surface area contributed by atoms with Crippen LogP contribution >= 0.6 is 31.9 Å². The van der Waals surface area contributed by atoms with Crippen LogP contribution in [-0.2, 0) is 4.74 Å². The molecule has 1 aromatic rings. The van der Waals surface area contributed by atoms with E-state index in [2.05, 4.69) is 37.2 Å². The van der Waals surface area contributed by atoms with Crippen molar-refractivity contribution < 1.29 is 13.9 Å². The van der Waals surface area contributed by atoms with Crippen LogP contribution in [0, 0.1) is 5.82 Å². The van der Waals surface area contributed by atoms with Crippen LogP contribution < -0.4 is 5.32 Å². The maximum Gasteiger partial charge on any atom is 0.252 e. The van der Waals surface area contributed by atoms with Gasteiger partial charge in [-0.15, -0.1) is 0 Å². The Morgan fingerprint density at radius 1 is 1.59 bits per heavy atom. The average molecular weight is 369 g/mol. The van der Waals surface area contributed by atoms with Crippen molar-refractivity contribution in [3.63, 3.8) is 0 Å². The number of carbonyl (C=O) groups is 1. The Balaban J connectivity index is 2.61. The number of benzene rings is 1. The van der Waals surface area contributed by atoms with Crippen molar-refractivity contribution in [2.75, 3.05) is 20.3 Å². The van der Waals surface area contributed by atoms with E-state index < -0.39 is 5.82 Å². The fraction of sp³-hybridized carbons (Fsp3) is 0.364. The van der Waals surface area contributed by atoms with Crippen molar-refractivity contribution in [2.45, 2.75) is 4.83 Å². The highest BCUT2D eigenvalue weighted by Crippen LogP contribution is 2.17. The van der Waals surface area contributed by atoms with Gasteiger partial charge in [0.1, 0.15) is 5.82 Å². The van der Waals surface area contributed by atoms with Gasteiger partial charge in [0.2, 0.25) is 0 Å². The Labute approximate surface area is 116 Å². The molecule has 1 amide bonds. The summed E-state index contributed by atoms with van der Waals surface area (Å²) in [5, 5.41) is 2.69. The van der Waals surface area contributed by atoms with Gasteiger partial charge < -0.3 is 10.1 Å². The molecular weight excluding hydrogens is 357 g/mol. The van der Waals surface area contributed by atoms with E-state index >= 15 is 0 Å². The molecule has 0 spiro atoms. The maximum absolute atomic E-state index is 13.0. The molecule has 0 saturated carbocycles. The molecule has 0 bridgehead atoms. The van der Waals surface area contributed by atoms with E-state index in [1.54, 1.807) is 7.11 Å². The second kappa shape index (κ2) is 7.08. The van der Waals surface area contributed by atoms with E-state index in [0.717, 1.165) is 0 Å². The number of hydrogen-bond donors (Lipinski definition) is 1. The highest BCUT2D eigenvalue weighted by molar-refractivity contribution is 9.10. The topological polar surface area (TPSA) is 38.3 Å². The minimum Gasteiger partial charge on any atom is -0.383 e. The fourth-order valence-electron chi connectivity index (χ4n) is 1.21. The molecule has 17 heavy (non-hydrogen) atoms. The Hall–Kier alpha value is -0.460. The average Bonchev–Trinajstić information content (AvgIpc) is 2.29. The quantitative estimate of drug-likeness (QED) is 0.811. The molecule has 1 N–H and O–H groups in total. The zero-order chi connectivity index (χ0) is 12.8. The standard InChI is InChI=1S/C11H12Br2FNO2/c1-17-6-7(12)5-15-11(16)9-4-8(14)2-3-10(9)13/h2-4,7H,5-6H2,1H3,(H,15,16). The molecule has 1 rings (SSSR count). The van der Waals surface area contributed by atoms with E-state index in [9.17, 15) is 9.18 Å². The van der Waals surface area contributed by atoms with E-state index in [1.165, 1.54) is 18.2 Å². The van der Waals surface area contributed by atoms with Gasteiger partial charge in [-0.25, -0.2) is 4.39 Å². The van der Waals surface area contributed by atoms with Crippen LogP contribution in [0.25, 0.3) is 0 Å². The Kier molecular flexibility index (Phi) is 6.08. The molecule has 0 fully saturated rings. The van der Waals surface area contributed by atoms with Crippen LogP contribution in [0.15, 0.2) is 22.7 Å². The number of ether oxygens (including phenoxy) is 1. The first-order valence-electron chi connectivity index (χ1n) is 4.91. The minimum atomic E-state index is -0.439. The summed E-state index contributed by atoms with van der Waals surface area (Å²) in [5.74, 6) is -0.762. The smallest absolute Gasteiger partial charge is 0.252 e. The lowest BCUT2D eigenvalue weighted by atomic mass is 10.2. The summed E-state index contributed by atoms with van der Waals surface area (Å²) in [6, 6.07) is 3.99. The van der Waals surface area contributed by atoms with Gasteiger partial charge in [0.25, 0.3) is 5.91 Å². The number of alkyl halides is 1. The van der Waals surface area contributed by atoms with Crippen molar-refractivity contribution in [2.24, 2.45) is 0 Å². The third-order valence-corrected chi connectivity index (χ3v) is 3.28. The lowest BCUT2D eigenvalue weighted by molar-refractivity contribution is 0.0949. The van der Waals surface area contributed by atoms with E-state index in [0.29, 0.717) is 17.6 Å². The summed E-state index contributed by atoms with van der Waals surface area (Å²) in [4.78, 5) is 11.8. The number of methoxy groups -OCH3 is 1. The van der Waals surface area contributed by atoms with Gasteiger partial charge in [-0.2, -0.15) is 0 Å². The van der Waals surface area contributed by atoms with Crippen molar-refractivity contribution in [1.82, 2.24) is 5.32 Å². The summed E-state index contributed by atoms with van der Waals surface area (Å²) < 4.78 is 18.5. The molecule has 94 valence electrons. The lowest BCUT2D eigenvalue weighted by Crippen LogP contribution is -2.31. The second-order valence-corrected chi connectivity index (χ2v) is 5.54. The number of nitrogens with one attached hydrogen (secondary N) is 1. The highest BCUT2D eigenvalue weighted by Gasteiger charge is 2.12. The molecule has 0 aliphatic rings. The zero-order valence-electron chi connectivity index (χ0n) is 9.17.